The zero-order valence-corrected chi connectivity index (χ0v) is 24.0. The molecule has 0 aromatic heterocycles. The van der Waals surface area contributed by atoms with E-state index in [0.29, 0.717) is 50.2 Å². The van der Waals surface area contributed by atoms with Crippen LogP contribution in [0.4, 0.5) is 4.79 Å². The second-order valence-electron chi connectivity index (χ2n) is 11.6. The molecule has 8 nitrogen and oxygen atoms in total. The van der Waals surface area contributed by atoms with Crippen LogP contribution in [-0.2, 0) is 14.3 Å². The van der Waals surface area contributed by atoms with Gasteiger partial charge in [0.25, 0.3) is 5.91 Å². The van der Waals surface area contributed by atoms with Crippen molar-refractivity contribution in [1.82, 2.24) is 9.80 Å². The highest BCUT2D eigenvalue weighted by Crippen LogP contribution is 2.47. The fraction of sp³-hybridized carbons (Fsp3) is 0.516. The number of carbonyl (C=O) groups is 3. The molecule has 2 heterocycles. The standard InChI is InChI=1S/C31H41N3O5/c1-7-33(8-2)28(36)22-12-10-21(11-13-22)24-19-31(15-17-34(18-16-31)29(37)39-30(4,5)6)38-26-20(3)9-14-23(25(24)26)27(32)35/h9-14,19-20,26H,7-8,15-18H2,1-6H3,(H2,32,35). The minimum Gasteiger partial charge on any atom is -0.444 e. The molecular formula is C31H41N3O5. The van der Waals surface area contributed by atoms with Crippen LogP contribution in [0.3, 0.4) is 0 Å². The van der Waals surface area contributed by atoms with Crippen LogP contribution in [0.15, 0.2) is 53.6 Å². The Balaban J connectivity index is 1.71. The quantitative estimate of drug-likeness (QED) is 0.588. The maximum Gasteiger partial charge on any atom is 0.410 e. The first-order valence-electron chi connectivity index (χ1n) is 13.9. The van der Waals surface area contributed by atoms with E-state index in [9.17, 15) is 14.4 Å². The molecule has 2 atom stereocenters. The third kappa shape index (κ3) is 5.96. The van der Waals surface area contributed by atoms with Gasteiger partial charge in [-0.3, -0.25) is 9.59 Å². The predicted octanol–water partition coefficient (Wildman–Crippen LogP) is 4.71. The van der Waals surface area contributed by atoms with Gasteiger partial charge in [0.05, 0.1) is 11.7 Å². The van der Waals surface area contributed by atoms with E-state index in [4.69, 9.17) is 15.2 Å². The summed E-state index contributed by atoms with van der Waals surface area (Å²) in [6.45, 7) is 13.8. The minimum absolute atomic E-state index is 0.0115. The second kappa shape index (κ2) is 11.0. The summed E-state index contributed by atoms with van der Waals surface area (Å²) in [7, 11) is 0. The van der Waals surface area contributed by atoms with E-state index in [1.807, 2.05) is 65.0 Å². The largest absolute Gasteiger partial charge is 0.444 e. The van der Waals surface area contributed by atoms with Gasteiger partial charge in [0.15, 0.2) is 0 Å². The van der Waals surface area contributed by atoms with Crippen molar-refractivity contribution >= 4 is 23.5 Å². The molecule has 8 heteroatoms. The van der Waals surface area contributed by atoms with Gasteiger partial charge in [-0.1, -0.05) is 31.2 Å². The molecule has 4 rings (SSSR count). The lowest BCUT2D eigenvalue weighted by Gasteiger charge is -2.48. The Labute approximate surface area is 231 Å². The van der Waals surface area contributed by atoms with Gasteiger partial charge in [0, 0.05) is 48.8 Å². The monoisotopic (exact) mass is 535 g/mol. The van der Waals surface area contributed by atoms with Crippen LogP contribution in [0.2, 0.25) is 0 Å². The van der Waals surface area contributed by atoms with Crippen LogP contribution in [-0.4, -0.2) is 71.2 Å². The molecule has 1 aliphatic carbocycles. The molecule has 0 saturated carbocycles. The van der Waals surface area contributed by atoms with Crippen molar-refractivity contribution in [2.45, 2.75) is 71.7 Å². The molecule has 0 radical (unpaired) electrons. The van der Waals surface area contributed by atoms with Gasteiger partial charge >= 0.3 is 6.09 Å². The molecule has 1 spiro atoms. The summed E-state index contributed by atoms with van der Waals surface area (Å²) in [4.78, 5) is 41.6. The third-order valence-electron chi connectivity index (χ3n) is 7.70. The van der Waals surface area contributed by atoms with E-state index in [1.165, 1.54) is 0 Å². The second-order valence-corrected chi connectivity index (χ2v) is 11.6. The summed E-state index contributed by atoms with van der Waals surface area (Å²) in [5.41, 5.74) is 8.27. The molecule has 210 valence electrons. The molecule has 1 saturated heterocycles. The van der Waals surface area contributed by atoms with Crippen LogP contribution in [0, 0.1) is 5.92 Å². The lowest BCUT2D eigenvalue weighted by Crippen LogP contribution is -2.52. The van der Waals surface area contributed by atoms with Crippen molar-refractivity contribution in [3.8, 4) is 0 Å². The van der Waals surface area contributed by atoms with E-state index in [1.54, 1.807) is 15.9 Å². The molecule has 2 N–H and O–H groups in total. The summed E-state index contributed by atoms with van der Waals surface area (Å²) in [6.07, 6.45) is 6.37. The van der Waals surface area contributed by atoms with Crippen LogP contribution in [0.25, 0.3) is 5.57 Å². The number of nitrogens with zero attached hydrogens (tertiary/aromatic N) is 2. The van der Waals surface area contributed by atoms with E-state index in [2.05, 4.69) is 13.0 Å². The number of fused-ring (bicyclic) bond motifs is 1. The summed E-state index contributed by atoms with van der Waals surface area (Å²) in [5, 5.41) is 0. The van der Waals surface area contributed by atoms with Crippen molar-refractivity contribution < 1.29 is 23.9 Å². The number of carbonyl (C=O) groups excluding carboxylic acids is 3. The molecular weight excluding hydrogens is 494 g/mol. The third-order valence-corrected chi connectivity index (χ3v) is 7.70. The highest BCUT2D eigenvalue weighted by atomic mass is 16.6. The van der Waals surface area contributed by atoms with Gasteiger partial charge in [-0.05, 0) is 76.8 Å². The zero-order chi connectivity index (χ0) is 28.5. The molecule has 1 aromatic rings. The van der Waals surface area contributed by atoms with Gasteiger partial charge in [-0.25, -0.2) is 4.79 Å². The number of ether oxygens (including phenoxy) is 2. The van der Waals surface area contributed by atoms with Gasteiger partial charge < -0.3 is 25.0 Å². The lowest BCUT2D eigenvalue weighted by molar-refractivity contribution is -0.115. The number of primary amides is 1. The lowest BCUT2D eigenvalue weighted by atomic mass is 9.75. The number of benzene rings is 1. The average molecular weight is 536 g/mol. The smallest absolute Gasteiger partial charge is 0.410 e. The zero-order valence-electron chi connectivity index (χ0n) is 24.0. The first-order valence-corrected chi connectivity index (χ1v) is 13.9. The van der Waals surface area contributed by atoms with Crippen molar-refractivity contribution in [2.75, 3.05) is 26.2 Å². The van der Waals surface area contributed by atoms with E-state index < -0.39 is 17.1 Å². The Bertz CT molecular complexity index is 1210. The summed E-state index contributed by atoms with van der Waals surface area (Å²) in [5.74, 6) is -0.490. The molecule has 39 heavy (non-hydrogen) atoms. The Morgan fingerprint density at radius 2 is 1.72 bits per heavy atom. The number of rotatable bonds is 5. The molecule has 2 unspecified atom stereocenters. The number of piperidine rings is 1. The number of hydrogen-bond acceptors (Lipinski definition) is 5. The van der Waals surface area contributed by atoms with E-state index in [-0.39, 0.29) is 24.0 Å². The Kier molecular flexibility index (Phi) is 8.07. The fourth-order valence-electron chi connectivity index (χ4n) is 5.54. The molecule has 1 fully saturated rings. The molecule has 0 bridgehead atoms. The Morgan fingerprint density at radius 1 is 1.10 bits per heavy atom. The highest BCUT2D eigenvalue weighted by molar-refractivity contribution is 6.02. The summed E-state index contributed by atoms with van der Waals surface area (Å²) < 4.78 is 12.4. The van der Waals surface area contributed by atoms with Crippen LogP contribution in [0.5, 0.6) is 0 Å². The molecule has 3 aliphatic rings. The van der Waals surface area contributed by atoms with Gasteiger partial charge in [-0.2, -0.15) is 0 Å². The predicted molar refractivity (Wildman–Crippen MR) is 151 cm³/mol. The summed E-state index contributed by atoms with van der Waals surface area (Å²) in [6, 6.07) is 7.55. The maximum absolute atomic E-state index is 12.9. The molecule has 3 amide bonds. The Morgan fingerprint density at radius 3 is 2.26 bits per heavy atom. The average Bonchev–Trinajstić information content (AvgIpc) is 2.89. The Hall–Kier alpha value is -3.39. The maximum atomic E-state index is 12.9. The number of likely N-dealkylation sites (tertiary alicyclic amines) is 1. The molecule has 2 aliphatic heterocycles. The van der Waals surface area contributed by atoms with Gasteiger partial charge in [0.1, 0.15) is 5.60 Å². The van der Waals surface area contributed by atoms with Crippen LogP contribution < -0.4 is 5.73 Å². The number of hydrogen-bond donors (Lipinski definition) is 1. The summed E-state index contributed by atoms with van der Waals surface area (Å²) >= 11 is 0. The first kappa shape index (κ1) is 28.6. The van der Waals surface area contributed by atoms with E-state index in [0.717, 1.165) is 16.7 Å². The highest BCUT2D eigenvalue weighted by Gasteiger charge is 2.45. The SMILES string of the molecule is CCN(CC)C(=O)c1ccc(C2=CC3(CCN(C(=O)OC(C)(C)C)CC3)OC3C2=C(C(N)=O)C=CC3C)cc1. The fourth-order valence-corrected chi connectivity index (χ4v) is 5.54. The van der Waals surface area contributed by atoms with Crippen molar-refractivity contribution in [3.63, 3.8) is 0 Å². The molecule has 1 aromatic carbocycles. The first-order chi connectivity index (χ1) is 18.4. The number of amides is 3. The van der Waals surface area contributed by atoms with Crippen LogP contribution >= 0.6 is 0 Å². The van der Waals surface area contributed by atoms with Crippen LogP contribution in [0.1, 0.15) is 70.3 Å². The topological polar surface area (TPSA) is 102 Å². The number of nitrogens with two attached hydrogens (primary N) is 1. The van der Waals surface area contributed by atoms with Gasteiger partial charge in [-0.15, -0.1) is 0 Å². The van der Waals surface area contributed by atoms with E-state index >= 15 is 0 Å². The minimum atomic E-state index is -0.611. The van der Waals surface area contributed by atoms with Gasteiger partial charge in [0.2, 0.25) is 5.91 Å². The normalized spacial score (nSPS) is 22.3. The van der Waals surface area contributed by atoms with Crippen molar-refractivity contribution in [2.24, 2.45) is 11.7 Å². The van der Waals surface area contributed by atoms with Crippen molar-refractivity contribution in [3.05, 3.63) is 64.8 Å². The van der Waals surface area contributed by atoms with Crippen molar-refractivity contribution in [1.29, 1.82) is 0 Å².